The summed E-state index contributed by atoms with van der Waals surface area (Å²) in [4.78, 5) is 15.3. The Morgan fingerprint density at radius 3 is 2.82 bits per heavy atom. The Balaban J connectivity index is 2.66. The molecular weight excluding hydrogens is 222 g/mol. The molecule has 0 aliphatic heterocycles. The molecule has 6 heteroatoms. The highest BCUT2D eigenvalue weighted by molar-refractivity contribution is 5.97. The predicted molar refractivity (Wildman–Crippen MR) is 58.8 cm³/mol. The molecule has 86 valence electrons. The highest BCUT2D eigenvalue weighted by Gasteiger charge is 2.20. The number of ether oxygens (including phenoxy) is 1. The number of carboxylic acid groups (broad SMARTS) is 1. The summed E-state index contributed by atoms with van der Waals surface area (Å²) in [6.07, 6.45) is 2.93. The van der Waals surface area contributed by atoms with Gasteiger partial charge < -0.3 is 9.84 Å². The zero-order chi connectivity index (χ0) is 12.3. The third-order valence-electron chi connectivity index (χ3n) is 2.17. The highest BCUT2D eigenvalue weighted by atomic mass is 16.5. The number of pyridine rings is 1. The van der Waals surface area contributed by atoms with Crippen LogP contribution in [0.1, 0.15) is 10.4 Å². The van der Waals surface area contributed by atoms with E-state index in [1.54, 1.807) is 24.4 Å². The Bertz CT molecular complexity index is 543. The Morgan fingerprint density at radius 1 is 1.41 bits per heavy atom. The van der Waals surface area contributed by atoms with Gasteiger partial charge in [-0.2, -0.15) is 5.10 Å². The molecule has 17 heavy (non-hydrogen) atoms. The van der Waals surface area contributed by atoms with Gasteiger partial charge in [0.1, 0.15) is 5.56 Å². The van der Waals surface area contributed by atoms with Crippen LogP contribution in [0.15, 0.2) is 30.6 Å². The van der Waals surface area contributed by atoms with Crippen molar-refractivity contribution in [3.8, 4) is 17.1 Å². The standard InChI is InChI=1S/C11H9N3O3/c1-17-10-9(11(15)16)7(6-13-14-10)8-4-2-3-5-12-8/h2-6H,1H3,(H,15,16). The fraction of sp³-hybridized carbons (Fsp3) is 0.0909. The van der Waals surface area contributed by atoms with Crippen LogP contribution in [0.5, 0.6) is 5.88 Å². The maximum atomic E-state index is 11.2. The van der Waals surface area contributed by atoms with Crippen molar-refractivity contribution in [3.05, 3.63) is 36.2 Å². The summed E-state index contributed by atoms with van der Waals surface area (Å²) in [5.74, 6) is -1.15. The molecule has 0 spiro atoms. The SMILES string of the molecule is COc1nncc(-c2ccccn2)c1C(=O)O. The summed E-state index contributed by atoms with van der Waals surface area (Å²) < 4.78 is 4.89. The lowest BCUT2D eigenvalue weighted by molar-refractivity contribution is 0.0693. The first-order valence-corrected chi connectivity index (χ1v) is 4.78. The summed E-state index contributed by atoms with van der Waals surface area (Å²) in [5, 5.41) is 16.5. The van der Waals surface area contributed by atoms with E-state index < -0.39 is 5.97 Å². The van der Waals surface area contributed by atoms with Crippen molar-refractivity contribution in [2.75, 3.05) is 7.11 Å². The lowest BCUT2D eigenvalue weighted by atomic mass is 10.1. The third-order valence-corrected chi connectivity index (χ3v) is 2.17. The molecule has 2 aromatic rings. The maximum Gasteiger partial charge on any atom is 0.342 e. The van der Waals surface area contributed by atoms with Gasteiger partial charge in [-0.3, -0.25) is 4.98 Å². The van der Waals surface area contributed by atoms with Crippen molar-refractivity contribution >= 4 is 5.97 Å². The summed E-state index contributed by atoms with van der Waals surface area (Å²) in [6, 6.07) is 5.21. The summed E-state index contributed by atoms with van der Waals surface area (Å²) in [6.45, 7) is 0. The van der Waals surface area contributed by atoms with E-state index in [4.69, 9.17) is 9.84 Å². The number of methoxy groups -OCH3 is 1. The molecule has 6 nitrogen and oxygen atoms in total. The van der Waals surface area contributed by atoms with Crippen molar-refractivity contribution in [3.63, 3.8) is 0 Å². The average molecular weight is 231 g/mol. The van der Waals surface area contributed by atoms with Gasteiger partial charge in [0, 0.05) is 11.8 Å². The molecule has 0 saturated heterocycles. The van der Waals surface area contributed by atoms with Crippen LogP contribution in [0.4, 0.5) is 0 Å². The minimum Gasteiger partial charge on any atom is -0.479 e. The van der Waals surface area contributed by atoms with Crippen molar-refractivity contribution < 1.29 is 14.6 Å². The number of aromatic nitrogens is 3. The van der Waals surface area contributed by atoms with Gasteiger partial charge in [-0.1, -0.05) is 6.07 Å². The topological polar surface area (TPSA) is 85.2 Å². The molecule has 0 aliphatic rings. The maximum absolute atomic E-state index is 11.2. The van der Waals surface area contributed by atoms with Crippen molar-refractivity contribution in [2.24, 2.45) is 0 Å². The fourth-order valence-electron chi connectivity index (χ4n) is 1.43. The van der Waals surface area contributed by atoms with Crippen LogP contribution in [0.2, 0.25) is 0 Å². The summed E-state index contributed by atoms with van der Waals surface area (Å²) in [7, 11) is 1.35. The molecule has 0 aliphatic carbocycles. The van der Waals surface area contributed by atoms with Crippen LogP contribution < -0.4 is 4.74 Å². The molecule has 2 heterocycles. The average Bonchev–Trinajstić information content (AvgIpc) is 2.38. The van der Waals surface area contributed by atoms with Gasteiger partial charge in [-0.05, 0) is 12.1 Å². The van der Waals surface area contributed by atoms with Crippen LogP contribution in [0.25, 0.3) is 11.3 Å². The van der Waals surface area contributed by atoms with E-state index in [-0.39, 0.29) is 11.4 Å². The molecule has 0 fully saturated rings. The lowest BCUT2D eigenvalue weighted by Gasteiger charge is -2.07. The number of hydrogen-bond donors (Lipinski definition) is 1. The van der Waals surface area contributed by atoms with E-state index in [1.165, 1.54) is 13.3 Å². The molecule has 1 N–H and O–H groups in total. The number of nitrogens with zero attached hydrogens (tertiary/aromatic N) is 3. The largest absolute Gasteiger partial charge is 0.479 e. The summed E-state index contributed by atoms with van der Waals surface area (Å²) >= 11 is 0. The molecule has 0 radical (unpaired) electrons. The zero-order valence-corrected chi connectivity index (χ0v) is 8.99. The van der Waals surface area contributed by atoms with Crippen LogP contribution in [0, 0.1) is 0 Å². The van der Waals surface area contributed by atoms with Crippen molar-refractivity contribution in [1.29, 1.82) is 0 Å². The highest BCUT2D eigenvalue weighted by Crippen LogP contribution is 2.26. The van der Waals surface area contributed by atoms with Gasteiger partial charge in [0.25, 0.3) is 0 Å². The number of aromatic carboxylic acids is 1. The van der Waals surface area contributed by atoms with Crippen molar-refractivity contribution in [2.45, 2.75) is 0 Å². The van der Waals surface area contributed by atoms with Gasteiger partial charge >= 0.3 is 5.97 Å². The van der Waals surface area contributed by atoms with Crippen LogP contribution in [0.3, 0.4) is 0 Å². The number of hydrogen-bond acceptors (Lipinski definition) is 5. The molecule has 0 saturated carbocycles. The Labute approximate surface area is 96.9 Å². The number of carbonyl (C=O) groups is 1. The molecular formula is C11H9N3O3. The van der Waals surface area contributed by atoms with Crippen molar-refractivity contribution in [1.82, 2.24) is 15.2 Å². The zero-order valence-electron chi connectivity index (χ0n) is 8.99. The second-order valence-electron chi connectivity index (χ2n) is 3.16. The second kappa shape index (κ2) is 4.56. The number of carboxylic acids is 1. The fourth-order valence-corrected chi connectivity index (χ4v) is 1.43. The lowest BCUT2D eigenvalue weighted by Crippen LogP contribution is -2.06. The van der Waals surface area contributed by atoms with Gasteiger partial charge in [-0.15, -0.1) is 5.10 Å². The molecule has 0 aromatic carbocycles. The molecule has 0 atom stereocenters. The van der Waals surface area contributed by atoms with Gasteiger partial charge in [0.2, 0.25) is 5.88 Å². The van der Waals surface area contributed by atoms with Gasteiger partial charge in [0.05, 0.1) is 19.0 Å². The molecule has 2 aromatic heterocycles. The first-order valence-electron chi connectivity index (χ1n) is 4.78. The van der Waals surface area contributed by atoms with E-state index in [0.29, 0.717) is 11.3 Å². The smallest absolute Gasteiger partial charge is 0.342 e. The van der Waals surface area contributed by atoms with E-state index in [9.17, 15) is 4.79 Å². The van der Waals surface area contributed by atoms with Gasteiger partial charge in [0.15, 0.2) is 0 Å². The van der Waals surface area contributed by atoms with Crippen LogP contribution >= 0.6 is 0 Å². The summed E-state index contributed by atoms with van der Waals surface area (Å²) in [5.41, 5.74) is 0.851. The first-order chi connectivity index (χ1) is 8.24. The second-order valence-corrected chi connectivity index (χ2v) is 3.16. The Kier molecular flexibility index (Phi) is 2.95. The normalized spacial score (nSPS) is 9.94. The predicted octanol–water partition coefficient (Wildman–Crippen LogP) is 1.25. The quantitative estimate of drug-likeness (QED) is 0.855. The number of rotatable bonds is 3. The first kappa shape index (κ1) is 11.0. The monoisotopic (exact) mass is 231 g/mol. The Hall–Kier alpha value is -2.50. The van der Waals surface area contributed by atoms with Crippen LogP contribution in [-0.2, 0) is 0 Å². The van der Waals surface area contributed by atoms with E-state index >= 15 is 0 Å². The molecule has 0 bridgehead atoms. The minimum atomic E-state index is -1.13. The van der Waals surface area contributed by atoms with E-state index in [1.807, 2.05) is 0 Å². The molecule has 0 amide bonds. The molecule has 0 unspecified atom stereocenters. The van der Waals surface area contributed by atoms with Gasteiger partial charge in [-0.25, -0.2) is 4.79 Å². The Morgan fingerprint density at radius 2 is 2.24 bits per heavy atom. The third kappa shape index (κ3) is 2.05. The van der Waals surface area contributed by atoms with E-state index in [0.717, 1.165) is 0 Å². The molecule has 2 rings (SSSR count). The van der Waals surface area contributed by atoms with Crippen LogP contribution in [-0.4, -0.2) is 33.4 Å². The van der Waals surface area contributed by atoms with E-state index in [2.05, 4.69) is 15.2 Å². The minimum absolute atomic E-state index is 0.0272.